The van der Waals surface area contributed by atoms with Crippen LogP contribution in [-0.2, 0) is 10.2 Å². The van der Waals surface area contributed by atoms with E-state index in [0.717, 1.165) is 12.0 Å². The van der Waals surface area contributed by atoms with E-state index in [1.807, 2.05) is 24.3 Å². The standard InChI is InChI=1S/C22H28N2O4/c1-15(25)23-13-12-22(2,3)17-7-9-18(10-8-17)24-21(26)16-6-11-19(27-4)20(14-16)28-5/h6-11,14H,12-13H2,1-5H3,(H,23,25)(H,24,26). The fraction of sp³-hybridized carbons (Fsp3) is 0.364. The van der Waals surface area contributed by atoms with Crippen LogP contribution in [0, 0.1) is 0 Å². The summed E-state index contributed by atoms with van der Waals surface area (Å²) in [5.74, 6) is 0.832. The molecule has 2 N–H and O–H groups in total. The maximum atomic E-state index is 12.5. The van der Waals surface area contributed by atoms with Gasteiger partial charge in [0.2, 0.25) is 5.91 Å². The van der Waals surface area contributed by atoms with E-state index >= 15 is 0 Å². The third-order valence-electron chi connectivity index (χ3n) is 4.69. The Labute approximate surface area is 166 Å². The van der Waals surface area contributed by atoms with Crippen molar-refractivity contribution < 1.29 is 19.1 Å². The highest BCUT2D eigenvalue weighted by Gasteiger charge is 2.20. The van der Waals surface area contributed by atoms with Gasteiger partial charge in [-0.25, -0.2) is 0 Å². The lowest BCUT2D eigenvalue weighted by Crippen LogP contribution is -2.28. The van der Waals surface area contributed by atoms with Crippen molar-refractivity contribution in [2.24, 2.45) is 0 Å². The van der Waals surface area contributed by atoms with E-state index in [9.17, 15) is 9.59 Å². The number of anilines is 1. The Kier molecular flexibility index (Phi) is 7.04. The van der Waals surface area contributed by atoms with Crippen LogP contribution in [-0.4, -0.2) is 32.6 Å². The minimum absolute atomic E-state index is 0.0241. The van der Waals surface area contributed by atoms with E-state index < -0.39 is 0 Å². The van der Waals surface area contributed by atoms with Gasteiger partial charge in [0.15, 0.2) is 11.5 Å². The Balaban J connectivity index is 2.05. The van der Waals surface area contributed by atoms with Crippen LogP contribution < -0.4 is 20.1 Å². The summed E-state index contributed by atoms with van der Waals surface area (Å²) in [7, 11) is 3.09. The molecule has 0 unspecified atom stereocenters. The second-order valence-electron chi connectivity index (χ2n) is 7.22. The molecular formula is C22H28N2O4. The van der Waals surface area contributed by atoms with Crippen LogP contribution >= 0.6 is 0 Å². The number of hydrogen-bond donors (Lipinski definition) is 2. The summed E-state index contributed by atoms with van der Waals surface area (Å²) in [5, 5.41) is 5.72. The van der Waals surface area contributed by atoms with Gasteiger partial charge in [0, 0.05) is 24.7 Å². The Morgan fingerprint density at radius 3 is 2.18 bits per heavy atom. The van der Waals surface area contributed by atoms with E-state index in [0.29, 0.717) is 29.3 Å². The van der Waals surface area contributed by atoms with Crippen molar-refractivity contribution in [1.82, 2.24) is 5.32 Å². The summed E-state index contributed by atoms with van der Waals surface area (Å²) in [5.41, 5.74) is 2.24. The van der Waals surface area contributed by atoms with Crippen molar-refractivity contribution in [1.29, 1.82) is 0 Å². The molecule has 2 amide bonds. The second-order valence-corrected chi connectivity index (χ2v) is 7.22. The molecule has 0 saturated carbocycles. The average Bonchev–Trinajstić information content (AvgIpc) is 2.67. The molecule has 0 aromatic heterocycles. The summed E-state index contributed by atoms with van der Waals surface area (Å²) in [6.07, 6.45) is 0.823. The van der Waals surface area contributed by atoms with Gasteiger partial charge in [-0.1, -0.05) is 26.0 Å². The Bertz CT molecular complexity index is 829. The quantitative estimate of drug-likeness (QED) is 0.727. The molecule has 28 heavy (non-hydrogen) atoms. The van der Waals surface area contributed by atoms with Gasteiger partial charge < -0.3 is 20.1 Å². The zero-order valence-corrected chi connectivity index (χ0v) is 17.1. The van der Waals surface area contributed by atoms with Crippen LogP contribution in [0.2, 0.25) is 0 Å². The Morgan fingerprint density at radius 2 is 1.61 bits per heavy atom. The number of benzene rings is 2. The normalized spacial score (nSPS) is 10.9. The Morgan fingerprint density at radius 1 is 0.964 bits per heavy atom. The molecule has 2 aromatic carbocycles. The summed E-state index contributed by atoms with van der Waals surface area (Å²) in [6.45, 7) is 6.40. The number of methoxy groups -OCH3 is 2. The molecule has 6 nitrogen and oxygen atoms in total. The highest BCUT2D eigenvalue weighted by atomic mass is 16.5. The predicted molar refractivity (Wildman–Crippen MR) is 110 cm³/mol. The molecule has 6 heteroatoms. The fourth-order valence-corrected chi connectivity index (χ4v) is 2.88. The number of carbonyl (C=O) groups is 2. The van der Waals surface area contributed by atoms with Crippen LogP contribution in [0.5, 0.6) is 11.5 Å². The van der Waals surface area contributed by atoms with Crippen molar-refractivity contribution in [3.8, 4) is 11.5 Å². The number of amides is 2. The van der Waals surface area contributed by atoms with Crippen LogP contribution in [0.15, 0.2) is 42.5 Å². The lowest BCUT2D eigenvalue weighted by molar-refractivity contribution is -0.119. The molecule has 0 spiro atoms. The van der Waals surface area contributed by atoms with Crippen molar-refractivity contribution in [2.75, 3.05) is 26.1 Å². The first-order chi connectivity index (χ1) is 13.3. The molecular weight excluding hydrogens is 356 g/mol. The molecule has 0 saturated heterocycles. The molecule has 0 aliphatic carbocycles. The maximum Gasteiger partial charge on any atom is 0.255 e. The molecule has 0 aliphatic rings. The van der Waals surface area contributed by atoms with Gasteiger partial charge in [-0.3, -0.25) is 9.59 Å². The number of ether oxygens (including phenoxy) is 2. The molecule has 0 atom stereocenters. The summed E-state index contributed by atoms with van der Waals surface area (Å²) >= 11 is 0. The van der Waals surface area contributed by atoms with Gasteiger partial charge >= 0.3 is 0 Å². The van der Waals surface area contributed by atoms with Gasteiger partial charge in [-0.05, 0) is 47.7 Å². The molecule has 0 fully saturated rings. The highest BCUT2D eigenvalue weighted by molar-refractivity contribution is 6.04. The molecule has 2 rings (SSSR count). The van der Waals surface area contributed by atoms with Gasteiger partial charge in [0.05, 0.1) is 14.2 Å². The lowest BCUT2D eigenvalue weighted by atomic mass is 9.81. The number of hydrogen-bond acceptors (Lipinski definition) is 4. The molecule has 0 aliphatic heterocycles. The molecule has 0 heterocycles. The van der Waals surface area contributed by atoms with Gasteiger partial charge in [0.1, 0.15) is 0 Å². The number of rotatable bonds is 8. The third kappa shape index (κ3) is 5.49. The molecule has 0 bridgehead atoms. The monoisotopic (exact) mass is 384 g/mol. The van der Waals surface area contributed by atoms with Gasteiger partial charge in [-0.15, -0.1) is 0 Å². The second kappa shape index (κ2) is 9.26. The number of carbonyl (C=O) groups excluding carboxylic acids is 2. The van der Waals surface area contributed by atoms with Crippen molar-refractivity contribution in [3.05, 3.63) is 53.6 Å². The minimum atomic E-state index is -0.223. The SMILES string of the molecule is COc1ccc(C(=O)Nc2ccc(C(C)(C)CCNC(C)=O)cc2)cc1OC. The summed E-state index contributed by atoms with van der Waals surface area (Å²) in [4.78, 5) is 23.6. The van der Waals surface area contributed by atoms with Crippen LogP contribution in [0.4, 0.5) is 5.69 Å². The summed E-state index contributed by atoms with van der Waals surface area (Å²) in [6, 6.07) is 12.8. The first-order valence-electron chi connectivity index (χ1n) is 9.15. The van der Waals surface area contributed by atoms with Gasteiger partial charge in [-0.2, -0.15) is 0 Å². The zero-order chi connectivity index (χ0) is 20.7. The van der Waals surface area contributed by atoms with Gasteiger partial charge in [0.25, 0.3) is 5.91 Å². The first kappa shape index (κ1) is 21.3. The molecule has 0 radical (unpaired) electrons. The minimum Gasteiger partial charge on any atom is -0.493 e. The first-order valence-corrected chi connectivity index (χ1v) is 9.15. The van der Waals surface area contributed by atoms with Crippen LogP contribution in [0.1, 0.15) is 43.1 Å². The third-order valence-corrected chi connectivity index (χ3v) is 4.69. The van der Waals surface area contributed by atoms with E-state index in [1.54, 1.807) is 25.3 Å². The van der Waals surface area contributed by atoms with E-state index in [2.05, 4.69) is 24.5 Å². The summed E-state index contributed by atoms with van der Waals surface area (Å²) < 4.78 is 10.4. The highest BCUT2D eigenvalue weighted by Crippen LogP contribution is 2.29. The molecule has 150 valence electrons. The Hall–Kier alpha value is -3.02. The largest absolute Gasteiger partial charge is 0.493 e. The fourth-order valence-electron chi connectivity index (χ4n) is 2.88. The van der Waals surface area contributed by atoms with Crippen LogP contribution in [0.3, 0.4) is 0 Å². The smallest absolute Gasteiger partial charge is 0.255 e. The predicted octanol–water partition coefficient (Wildman–Crippen LogP) is 3.76. The van der Waals surface area contributed by atoms with Crippen molar-refractivity contribution in [2.45, 2.75) is 32.6 Å². The van der Waals surface area contributed by atoms with E-state index in [4.69, 9.17) is 9.47 Å². The van der Waals surface area contributed by atoms with E-state index in [1.165, 1.54) is 14.0 Å². The zero-order valence-electron chi connectivity index (χ0n) is 17.1. The topological polar surface area (TPSA) is 76.7 Å². The maximum absolute atomic E-state index is 12.5. The lowest BCUT2D eigenvalue weighted by Gasteiger charge is -2.25. The van der Waals surface area contributed by atoms with E-state index in [-0.39, 0.29) is 17.2 Å². The molecule has 2 aromatic rings. The van der Waals surface area contributed by atoms with Crippen molar-refractivity contribution >= 4 is 17.5 Å². The number of nitrogens with one attached hydrogen (secondary N) is 2. The van der Waals surface area contributed by atoms with Crippen molar-refractivity contribution in [3.63, 3.8) is 0 Å². The van der Waals surface area contributed by atoms with Crippen LogP contribution in [0.25, 0.3) is 0 Å². The average molecular weight is 384 g/mol.